The molecular formula is C22H23N3O4S. The number of amides is 2. The van der Waals surface area contributed by atoms with Crippen molar-refractivity contribution >= 4 is 33.2 Å². The molecule has 7 nitrogen and oxygen atoms in total. The molecule has 4 rings (SSSR count). The Labute approximate surface area is 176 Å². The fourth-order valence-corrected chi connectivity index (χ4v) is 5.40. The van der Waals surface area contributed by atoms with E-state index in [0.717, 1.165) is 19.3 Å². The summed E-state index contributed by atoms with van der Waals surface area (Å²) >= 11 is 0. The molecule has 2 heterocycles. The number of rotatable bonds is 5. The summed E-state index contributed by atoms with van der Waals surface area (Å²) < 4.78 is 27.2. The van der Waals surface area contributed by atoms with Crippen LogP contribution in [0.25, 0.3) is 5.70 Å². The Morgan fingerprint density at radius 1 is 1.00 bits per heavy atom. The minimum Gasteiger partial charge on any atom is -0.324 e. The van der Waals surface area contributed by atoms with Gasteiger partial charge in [0, 0.05) is 35.6 Å². The molecule has 2 aromatic rings. The van der Waals surface area contributed by atoms with Crippen molar-refractivity contribution in [2.24, 2.45) is 0 Å². The van der Waals surface area contributed by atoms with Gasteiger partial charge in [-0.1, -0.05) is 37.3 Å². The lowest BCUT2D eigenvalue weighted by atomic mass is 10.1. The van der Waals surface area contributed by atoms with Crippen LogP contribution in [0.2, 0.25) is 0 Å². The van der Waals surface area contributed by atoms with Crippen molar-refractivity contribution in [1.82, 2.24) is 9.21 Å². The lowest BCUT2D eigenvalue weighted by molar-refractivity contribution is -0.116. The first-order chi connectivity index (χ1) is 14.4. The van der Waals surface area contributed by atoms with Crippen molar-refractivity contribution in [3.8, 4) is 0 Å². The third kappa shape index (κ3) is 3.76. The fraction of sp³-hybridized carbons (Fsp3) is 0.273. The van der Waals surface area contributed by atoms with Crippen LogP contribution < -0.4 is 5.32 Å². The number of anilines is 1. The number of hydrogen-bond donors (Lipinski definition) is 1. The van der Waals surface area contributed by atoms with Gasteiger partial charge in [-0.25, -0.2) is 8.42 Å². The van der Waals surface area contributed by atoms with Gasteiger partial charge in [-0.05, 0) is 37.1 Å². The topological polar surface area (TPSA) is 86.8 Å². The first-order valence-electron chi connectivity index (χ1n) is 9.88. The second kappa shape index (κ2) is 8.04. The molecule has 2 amide bonds. The molecule has 0 spiro atoms. The molecule has 0 atom stereocenters. The van der Waals surface area contributed by atoms with E-state index in [1.165, 1.54) is 21.3 Å². The molecule has 1 saturated heterocycles. The Bertz CT molecular complexity index is 1090. The summed E-state index contributed by atoms with van der Waals surface area (Å²) in [4.78, 5) is 26.6. The highest BCUT2D eigenvalue weighted by molar-refractivity contribution is 7.89. The molecule has 0 aliphatic carbocycles. The number of nitrogens with zero attached hydrogens (tertiary/aromatic N) is 2. The van der Waals surface area contributed by atoms with E-state index in [0.29, 0.717) is 35.6 Å². The Hall–Kier alpha value is -2.97. The standard InChI is InChI=1S/C22H23N3O4S/c1-16-19-10-3-4-11-20(19)22(27)25(16)15-21(26)23-17-8-7-9-18(14-17)30(28,29)24-12-5-2-6-13-24/h3-4,7-11,14H,1-2,5-6,12-13,15H2,(H,23,26). The molecule has 1 N–H and O–H groups in total. The molecule has 156 valence electrons. The van der Waals surface area contributed by atoms with Crippen molar-refractivity contribution in [2.45, 2.75) is 24.2 Å². The predicted molar refractivity (Wildman–Crippen MR) is 114 cm³/mol. The molecule has 2 aromatic carbocycles. The lowest BCUT2D eigenvalue weighted by Gasteiger charge is -2.26. The fourth-order valence-electron chi connectivity index (χ4n) is 3.83. The van der Waals surface area contributed by atoms with Gasteiger partial charge in [-0.3, -0.25) is 14.5 Å². The zero-order valence-corrected chi connectivity index (χ0v) is 17.3. The van der Waals surface area contributed by atoms with Crippen LogP contribution in [-0.4, -0.2) is 49.1 Å². The second-order valence-electron chi connectivity index (χ2n) is 7.42. The summed E-state index contributed by atoms with van der Waals surface area (Å²) in [6.07, 6.45) is 2.74. The van der Waals surface area contributed by atoms with E-state index >= 15 is 0 Å². The van der Waals surface area contributed by atoms with Crippen LogP contribution in [0, 0.1) is 0 Å². The molecule has 2 aliphatic rings. The van der Waals surface area contributed by atoms with Crippen LogP contribution in [-0.2, 0) is 14.8 Å². The normalized spacial score (nSPS) is 17.1. The van der Waals surface area contributed by atoms with Gasteiger partial charge in [-0.15, -0.1) is 0 Å². The highest BCUT2D eigenvalue weighted by Crippen LogP contribution is 2.31. The molecule has 8 heteroatoms. The van der Waals surface area contributed by atoms with Gasteiger partial charge in [0.1, 0.15) is 6.54 Å². The molecule has 30 heavy (non-hydrogen) atoms. The second-order valence-corrected chi connectivity index (χ2v) is 9.36. The van der Waals surface area contributed by atoms with Crippen molar-refractivity contribution in [3.63, 3.8) is 0 Å². The summed E-state index contributed by atoms with van der Waals surface area (Å²) in [6, 6.07) is 13.3. The number of piperidine rings is 1. The molecule has 2 aliphatic heterocycles. The molecule has 0 radical (unpaired) electrons. The van der Waals surface area contributed by atoms with Gasteiger partial charge in [-0.2, -0.15) is 4.31 Å². The van der Waals surface area contributed by atoms with E-state index < -0.39 is 15.9 Å². The third-order valence-corrected chi connectivity index (χ3v) is 7.31. The van der Waals surface area contributed by atoms with E-state index in [-0.39, 0.29) is 17.3 Å². The maximum atomic E-state index is 12.9. The van der Waals surface area contributed by atoms with Crippen LogP contribution in [0.15, 0.2) is 60.0 Å². The Morgan fingerprint density at radius 3 is 2.40 bits per heavy atom. The summed E-state index contributed by atoms with van der Waals surface area (Å²) in [5, 5.41) is 2.70. The van der Waals surface area contributed by atoms with Gasteiger partial charge in [0.2, 0.25) is 15.9 Å². The number of carbonyl (C=O) groups is 2. The number of nitrogens with one attached hydrogen (secondary N) is 1. The minimum atomic E-state index is -3.59. The monoisotopic (exact) mass is 425 g/mol. The first kappa shape index (κ1) is 20.3. The maximum absolute atomic E-state index is 12.9. The van der Waals surface area contributed by atoms with Gasteiger partial charge in [0.05, 0.1) is 4.90 Å². The Kier molecular flexibility index (Phi) is 5.44. The van der Waals surface area contributed by atoms with Crippen LogP contribution in [0.3, 0.4) is 0 Å². The zero-order valence-electron chi connectivity index (χ0n) is 16.5. The quantitative estimate of drug-likeness (QED) is 0.798. The molecule has 0 aromatic heterocycles. The third-order valence-electron chi connectivity index (χ3n) is 5.41. The average Bonchev–Trinajstić information content (AvgIpc) is 2.99. The summed E-state index contributed by atoms with van der Waals surface area (Å²) in [6.45, 7) is 4.75. The van der Waals surface area contributed by atoms with Gasteiger partial charge in [0.25, 0.3) is 5.91 Å². The number of fused-ring (bicyclic) bond motifs is 1. The van der Waals surface area contributed by atoms with E-state index in [4.69, 9.17) is 0 Å². The molecule has 0 bridgehead atoms. The Balaban J connectivity index is 1.46. The number of hydrogen-bond acceptors (Lipinski definition) is 4. The van der Waals surface area contributed by atoms with Gasteiger partial charge in [0.15, 0.2) is 0 Å². The van der Waals surface area contributed by atoms with Crippen LogP contribution in [0.1, 0.15) is 35.2 Å². The number of benzene rings is 2. The van der Waals surface area contributed by atoms with Gasteiger partial charge >= 0.3 is 0 Å². The molecule has 0 saturated carbocycles. The predicted octanol–water partition coefficient (Wildman–Crippen LogP) is 2.93. The highest BCUT2D eigenvalue weighted by atomic mass is 32.2. The van der Waals surface area contributed by atoms with E-state index in [1.807, 2.05) is 6.07 Å². The summed E-state index contributed by atoms with van der Waals surface area (Å²) in [5.74, 6) is -0.697. The lowest BCUT2D eigenvalue weighted by Crippen LogP contribution is -2.35. The van der Waals surface area contributed by atoms with E-state index in [9.17, 15) is 18.0 Å². The largest absolute Gasteiger partial charge is 0.324 e. The first-order valence-corrected chi connectivity index (χ1v) is 11.3. The number of carbonyl (C=O) groups excluding carboxylic acids is 2. The number of sulfonamides is 1. The summed E-state index contributed by atoms with van der Waals surface area (Å²) in [5.41, 5.74) is 2.08. The minimum absolute atomic E-state index is 0.149. The van der Waals surface area contributed by atoms with E-state index in [1.54, 1.807) is 30.3 Å². The van der Waals surface area contributed by atoms with Crippen LogP contribution >= 0.6 is 0 Å². The maximum Gasteiger partial charge on any atom is 0.259 e. The van der Waals surface area contributed by atoms with Crippen LogP contribution in [0.5, 0.6) is 0 Å². The zero-order chi connectivity index (χ0) is 21.3. The smallest absolute Gasteiger partial charge is 0.259 e. The van der Waals surface area contributed by atoms with Crippen molar-refractivity contribution < 1.29 is 18.0 Å². The Morgan fingerprint density at radius 2 is 1.70 bits per heavy atom. The molecule has 1 fully saturated rings. The van der Waals surface area contributed by atoms with Gasteiger partial charge < -0.3 is 5.32 Å². The van der Waals surface area contributed by atoms with Crippen molar-refractivity contribution in [3.05, 3.63) is 66.2 Å². The van der Waals surface area contributed by atoms with Crippen molar-refractivity contribution in [1.29, 1.82) is 0 Å². The average molecular weight is 426 g/mol. The van der Waals surface area contributed by atoms with E-state index in [2.05, 4.69) is 11.9 Å². The SMILES string of the molecule is C=C1c2ccccc2C(=O)N1CC(=O)Nc1cccc(S(=O)(=O)N2CCCCC2)c1. The highest BCUT2D eigenvalue weighted by Gasteiger charge is 2.32. The van der Waals surface area contributed by atoms with Crippen molar-refractivity contribution in [2.75, 3.05) is 25.0 Å². The molecule has 0 unspecified atom stereocenters. The van der Waals surface area contributed by atoms with Crippen LogP contribution in [0.4, 0.5) is 5.69 Å². The molecular weight excluding hydrogens is 402 g/mol. The summed E-state index contributed by atoms with van der Waals surface area (Å²) in [7, 11) is -3.59.